The van der Waals surface area contributed by atoms with Crippen molar-refractivity contribution in [3.8, 4) is 17.0 Å². The maximum atomic E-state index is 12.8. The second kappa shape index (κ2) is 11.5. The normalized spacial score (nSPS) is 12.6. The molecule has 0 spiro atoms. The molecule has 0 saturated carbocycles. The number of rotatable bonds is 11. The summed E-state index contributed by atoms with van der Waals surface area (Å²) in [4.78, 5) is 24.0. The van der Waals surface area contributed by atoms with Crippen LogP contribution in [0, 0.1) is 0 Å². The number of aliphatic hydroxyl groups excluding tert-OH is 1. The van der Waals surface area contributed by atoms with Crippen molar-refractivity contribution in [2.24, 2.45) is 7.05 Å². The highest BCUT2D eigenvalue weighted by Gasteiger charge is 2.24. The van der Waals surface area contributed by atoms with Crippen molar-refractivity contribution in [1.82, 2.24) is 15.1 Å². The molecular weight excluding hydrogens is 458 g/mol. The number of aromatic nitrogens is 2. The Labute approximate surface area is 202 Å². The molecule has 1 heterocycles. The van der Waals surface area contributed by atoms with Gasteiger partial charge in [0.15, 0.2) is 11.8 Å². The van der Waals surface area contributed by atoms with Crippen molar-refractivity contribution in [3.63, 3.8) is 0 Å². The highest BCUT2D eigenvalue weighted by molar-refractivity contribution is 6.30. The van der Waals surface area contributed by atoms with Crippen LogP contribution in [0.2, 0.25) is 5.02 Å². The first-order valence-electron chi connectivity index (χ1n) is 10.6. The van der Waals surface area contributed by atoms with Gasteiger partial charge in [0.25, 0.3) is 5.91 Å². The second-order valence-electron chi connectivity index (χ2n) is 7.76. The van der Waals surface area contributed by atoms with E-state index >= 15 is 0 Å². The Hall–Kier alpha value is -3.62. The maximum absolute atomic E-state index is 12.8. The second-order valence-corrected chi connectivity index (χ2v) is 8.20. The standard InChI is InChI=1S/C25H26ClN3O5/c1-3-11-34-23-15-21(28-29(23)2)24(31)27-20(14-22(30)25(32)33)12-16-7-9-17(10-8-16)18-5-4-6-19(26)13-18/h3-10,13,15,20,22,30H,1,11-12,14H2,2H3,(H,27,31)(H,32,33). The number of nitrogens with one attached hydrogen (secondary N) is 1. The van der Waals surface area contributed by atoms with Gasteiger partial charge in [0, 0.05) is 30.6 Å². The fourth-order valence-corrected chi connectivity index (χ4v) is 3.64. The van der Waals surface area contributed by atoms with E-state index in [-0.39, 0.29) is 18.7 Å². The first kappa shape index (κ1) is 25.0. The van der Waals surface area contributed by atoms with E-state index in [1.165, 1.54) is 10.7 Å². The summed E-state index contributed by atoms with van der Waals surface area (Å²) in [7, 11) is 1.64. The van der Waals surface area contributed by atoms with Crippen LogP contribution in [0.15, 0.2) is 67.3 Å². The molecule has 3 rings (SSSR count). The number of hydrogen-bond acceptors (Lipinski definition) is 5. The van der Waals surface area contributed by atoms with Crippen molar-refractivity contribution < 1.29 is 24.5 Å². The monoisotopic (exact) mass is 483 g/mol. The molecule has 2 unspecified atom stereocenters. The van der Waals surface area contributed by atoms with Crippen LogP contribution >= 0.6 is 11.6 Å². The van der Waals surface area contributed by atoms with E-state index in [4.69, 9.17) is 21.4 Å². The lowest BCUT2D eigenvalue weighted by Crippen LogP contribution is -2.40. The molecule has 0 saturated heterocycles. The number of carboxylic acids is 1. The first-order valence-corrected chi connectivity index (χ1v) is 11.0. The summed E-state index contributed by atoms with van der Waals surface area (Å²) in [6.07, 6.45) is 0.113. The zero-order valence-electron chi connectivity index (χ0n) is 18.6. The fraction of sp³-hybridized carbons (Fsp3) is 0.240. The number of benzene rings is 2. The van der Waals surface area contributed by atoms with Crippen molar-refractivity contribution in [1.29, 1.82) is 0 Å². The molecule has 178 valence electrons. The van der Waals surface area contributed by atoms with Gasteiger partial charge in [-0.1, -0.05) is 60.7 Å². The Kier molecular flexibility index (Phi) is 8.45. The molecule has 9 heteroatoms. The van der Waals surface area contributed by atoms with Crippen LogP contribution in [-0.2, 0) is 18.3 Å². The largest absolute Gasteiger partial charge is 0.479 e. The van der Waals surface area contributed by atoms with Gasteiger partial charge in [0.1, 0.15) is 6.61 Å². The van der Waals surface area contributed by atoms with E-state index in [1.54, 1.807) is 19.2 Å². The summed E-state index contributed by atoms with van der Waals surface area (Å²) >= 11 is 6.07. The van der Waals surface area contributed by atoms with Gasteiger partial charge in [-0.3, -0.25) is 4.79 Å². The SMILES string of the molecule is C=CCOc1cc(C(=O)NC(Cc2ccc(-c3cccc(Cl)c3)cc2)CC(O)C(=O)O)nn1C. The lowest BCUT2D eigenvalue weighted by atomic mass is 9.97. The number of carboxylic acid groups (broad SMARTS) is 1. The van der Waals surface area contributed by atoms with Gasteiger partial charge in [-0.05, 0) is 35.2 Å². The molecule has 3 aromatic rings. The zero-order chi connectivity index (χ0) is 24.7. The number of carbonyl (C=O) groups is 2. The average molecular weight is 484 g/mol. The molecule has 0 aliphatic heterocycles. The summed E-state index contributed by atoms with van der Waals surface area (Å²) in [5, 5.41) is 26.6. The fourth-order valence-electron chi connectivity index (χ4n) is 3.45. The number of ether oxygens (including phenoxy) is 1. The quantitative estimate of drug-likeness (QED) is 0.360. The van der Waals surface area contributed by atoms with Crippen LogP contribution in [0.5, 0.6) is 5.88 Å². The van der Waals surface area contributed by atoms with Gasteiger partial charge in [0.2, 0.25) is 5.88 Å². The molecule has 0 radical (unpaired) electrons. The van der Waals surface area contributed by atoms with Gasteiger partial charge in [-0.25, -0.2) is 9.48 Å². The third kappa shape index (κ3) is 6.69. The zero-order valence-corrected chi connectivity index (χ0v) is 19.4. The highest BCUT2D eigenvalue weighted by atomic mass is 35.5. The minimum atomic E-state index is -1.62. The molecule has 0 aliphatic rings. The van der Waals surface area contributed by atoms with E-state index < -0.39 is 24.0 Å². The first-order chi connectivity index (χ1) is 16.3. The number of aliphatic carboxylic acids is 1. The molecule has 34 heavy (non-hydrogen) atoms. The van der Waals surface area contributed by atoms with Gasteiger partial charge in [-0.15, -0.1) is 0 Å². The van der Waals surface area contributed by atoms with Crippen LogP contribution < -0.4 is 10.1 Å². The van der Waals surface area contributed by atoms with Gasteiger partial charge < -0.3 is 20.3 Å². The molecule has 3 N–H and O–H groups in total. The predicted octanol–water partition coefficient (Wildman–Crippen LogP) is 3.48. The smallest absolute Gasteiger partial charge is 0.332 e. The van der Waals surface area contributed by atoms with Crippen LogP contribution in [0.25, 0.3) is 11.1 Å². The molecule has 2 aromatic carbocycles. The molecule has 8 nitrogen and oxygen atoms in total. The molecular formula is C25H26ClN3O5. The van der Waals surface area contributed by atoms with Gasteiger partial charge >= 0.3 is 5.97 Å². The van der Waals surface area contributed by atoms with Crippen LogP contribution in [0.1, 0.15) is 22.5 Å². The summed E-state index contributed by atoms with van der Waals surface area (Å²) in [5.74, 6) is -1.46. The average Bonchev–Trinajstić information content (AvgIpc) is 3.18. The van der Waals surface area contributed by atoms with E-state index in [9.17, 15) is 14.7 Å². The number of hydrogen-bond donors (Lipinski definition) is 3. The van der Waals surface area contributed by atoms with E-state index in [0.29, 0.717) is 17.3 Å². The van der Waals surface area contributed by atoms with Crippen LogP contribution in [0.4, 0.5) is 0 Å². The topological polar surface area (TPSA) is 114 Å². The molecule has 1 amide bonds. The minimum Gasteiger partial charge on any atom is -0.479 e. The van der Waals surface area contributed by atoms with Gasteiger partial charge in [-0.2, -0.15) is 5.10 Å². The molecule has 0 aliphatic carbocycles. The Morgan fingerprint density at radius 2 is 1.94 bits per heavy atom. The Bertz CT molecular complexity index is 1160. The Morgan fingerprint density at radius 3 is 2.59 bits per heavy atom. The maximum Gasteiger partial charge on any atom is 0.332 e. The summed E-state index contributed by atoms with van der Waals surface area (Å²) in [6.45, 7) is 3.85. The van der Waals surface area contributed by atoms with E-state index in [0.717, 1.165) is 16.7 Å². The van der Waals surface area contributed by atoms with Crippen molar-refractivity contribution in [2.45, 2.75) is 25.0 Å². The summed E-state index contributed by atoms with van der Waals surface area (Å²) in [5.41, 5.74) is 2.92. The summed E-state index contributed by atoms with van der Waals surface area (Å²) in [6, 6.07) is 16.0. The van der Waals surface area contributed by atoms with Crippen LogP contribution in [-0.4, -0.2) is 50.6 Å². The van der Waals surface area contributed by atoms with Crippen molar-refractivity contribution in [3.05, 3.63) is 83.5 Å². The minimum absolute atomic E-state index is 0.118. The third-order valence-electron chi connectivity index (χ3n) is 5.14. The lowest BCUT2D eigenvalue weighted by molar-refractivity contribution is -0.147. The number of halogens is 1. The summed E-state index contributed by atoms with van der Waals surface area (Å²) < 4.78 is 6.87. The van der Waals surface area contributed by atoms with E-state index in [2.05, 4.69) is 17.0 Å². The number of amides is 1. The lowest BCUT2D eigenvalue weighted by Gasteiger charge is -2.20. The number of aliphatic hydroxyl groups is 1. The van der Waals surface area contributed by atoms with E-state index in [1.807, 2.05) is 42.5 Å². The molecule has 2 atom stereocenters. The Balaban J connectivity index is 1.75. The van der Waals surface area contributed by atoms with Crippen LogP contribution in [0.3, 0.4) is 0 Å². The third-order valence-corrected chi connectivity index (χ3v) is 5.38. The molecule has 0 bridgehead atoms. The van der Waals surface area contributed by atoms with Crippen molar-refractivity contribution >= 4 is 23.5 Å². The number of nitrogens with zero attached hydrogens (tertiary/aromatic N) is 2. The molecule has 0 fully saturated rings. The van der Waals surface area contributed by atoms with Crippen molar-refractivity contribution in [2.75, 3.05) is 6.61 Å². The Morgan fingerprint density at radius 1 is 1.21 bits per heavy atom. The number of aryl methyl sites for hydroxylation is 1. The predicted molar refractivity (Wildman–Crippen MR) is 129 cm³/mol. The molecule has 1 aromatic heterocycles. The van der Waals surface area contributed by atoms with Gasteiger partial charge in [0.05, 0.1) is 0 Å². The highest BCUT2D eigenvalue weighted by Crippen LogP contribution is 2.23. The number of carbonyl (C=O) groups excluding carboxylic acids is 1.